The van der Waals surface area contributed by atoms with Crippen LogP contribution < -0.4 is 5.90 Å². The van der Waals surface area contributed by atoms with Crippen LogP contribution in [-0.4, -0.2) is 36.3 Å². The Labute approximate surface area is 69.5 Å². The maximum atomic E-state index is 10.8. The smallest absolute Gasteiger partial charge is 0.379 e. The first-order chi connectivity index (χ1) is 5.64. The van der Waals surface area contributed by atoms with E-state index in [2.05, 4.69) is 15.1 Å². The summed E-state index contributed by atoms with van der Waals surface area (Å²) in [4.78, 5) is 8.78. The molecule has 1 unspecified atom stereocenters. The normalized spacial score (nSPS) is 25.2. The van der Waals surface area contributed by atoms with Crippen LogP contribution in [0.25, 0.3) is 0 Å². The highest BCUT2D eigenvalue weighted by Crippen LogP contribution is 2.41. The molecule has 3 N–H and O–H groups in total. The van der Waals surface area contributed by atoms with Gasteiger partial charge in [0.25, 0.3) is 0 Å². The zero-order chi connectivity index (χ0) is 9.03. The summed E-state index contributed by atoms with van der Waals surface area (Å²) in [5, 5.41) is 1.29. The van der Waals surface area contributed by atoms with Crippen LogP contribution in [0.3, 0.4) is 0 Å². The van der Waals surface area contributed by atoms with E-state index in [0.29, 0.717) is 26.3 Å². The number of hydrogen-bond acceptors (Lipinski definition) is 6. The fourth-order valence-corrected chi connectivity index (χ4v) is 1.29. The third kappa shape index (κ3) is 3.16. The van der Waals surface area contributed by atoms with Gasteiger partial charge in [0.2, 0.25) is 0 Å². The molecule has 7 nitrogen and oxygen atoms in total. The second-order valence-electron chi connectivity index (χ2n) is 2.20. The molecular weight excluding hydrogens is 187 g/mol. The van der Waals surface area contributed by atoms with E-state index in [1.807, 2.05) is 0 Å². The molecule has 0 aromatic heterocycles. The highest BCUT2D eigenvalue weighted by atomic mass is 31.2. The van der Waals surface area contributed by atoms with Crippen LogP contribution >= 0.6 is 7.82 Å². The van der Waals surface area contributed by atoms with E-state index in [1.54, 1.807) is 0 Å². The first-order valence-corrected chi connectivity index (χ1v) is 4.87. The molecule has 0 aromatic rings. The lowest BCUT2D eigenvalue weighted by Crippen LogP contribution is -2.35. The minimum atomic E-state index is -4.09. The zero-order valence-corrected chi connectivity index (χ0v) is 7.27. The van der Waals surface area contributed by atoms with Crippen molar-refractivity contribution >= 4 is 7.82 Å². The summed E-state index contributed by atoms with van der Waals surface area (Å²) >= 11 is 0. The molecule has 1 fully saturated rings. The van der Waals surface area contributed by atoms with Crippen LogP contribution in [0.4, 0.5) is 0 Å². The molecule has 0 bridgehead atoms. The van der Waals surface area contributed by atoms with Crippen molar-refractivity contribution in [3.8, 4) is 0 Å². The maximum absolute atomic E-state index is 10.8. The summed E-state index contributed by atoms with van der Waals surface area (Å²) in [5.41, 5.74) is 0. The lowest BCUT2D eigenvalue weighted by molar-refractivity contribution is -0.135. The number of nitrogens with two attached hydrogens (primary N) is 1. The minimum Gasteiger partial charge on any atom is -0.379 e. The zero-order valence-electron chi connectivity index (χ0n) is 6.38. The first kappa shape index (κ1) is 10.1. The molecule has 1 atom stereocenters. The highest BCUT2D eigenvalue weighted by Gasteiger charge is 2.25. The van der Waals surface area contributed by atoms with Gasteiger partial charge in [-0.3, -0.25) is 0 Å². The summed E-state index contributed by atoms with van der Waals surface area (Å²) in [5.74, 6) is 4.53. The van der Waals surface area contributed by atoms with Crippen molar-refractivity contribution in [1.82, 2.24) is 5.06 Å². The Morgan fingerprint density at radius 1 is 1.50 bits per heavy atom. The number of rotatable bonds is 3. The molecule has 72 valence electrons. The Bertz CT molecular complexity index is 182. The molecule has 0 aliphatic carbocycles. The molecule has 1 saturated heterocycles. The Kier molecular flexibility index (Phi) is 3.60. The van der Waals surface area contributed by atoms with Crippen molar-refractivity contribution < 1.29 is 23.4 Å². The molecule has 8 heteroatoms. The number of phosphoric acid groups is 1. The van der Waals surface area contributed by atoms with Gasteiger partial charge in [0.05, 0.1) is 13.2 Å². The lowest BCUT2D eigenvalue weighted by atomic mass is 10.5. The highest BCUT2D eigenvalue weighted by molar-refractivity contribution is 7.47. The third-order valence-electron chi connectivity index (χ3n) is 1.32. The van der Waals surface area contributed by atoms with Crippen molar-refractivity contribution in [2.75, 3.05) is 26.3 Å². The average Bonchev–Trinajstić information content (AvgIpc) is 2.06. The van der Waals surface area contributed by atoms with Crippen molar-refractivity contribution in [3.05, 3.63) is 0 Å². The SMILES string of the molecule is NOP(=O)(O)ON1CCOCC1. The van der Waals surface area contributed by atoms with Gasteiger partial charge in [-0.2, -0.15) is 14.3 Å². The van der Waals surface area contributed by atoms with Gasteiger partial charge in [-0.15, -0.1) is 0 Å². The lowest BCUT2D eigenvalue weighted by Gasteiger charge is -2.25. The number of nitrogens with zero attached hydrogens (tertiary/aromatic N) is 1. The van der Waals surface area contributed by atoms with Gasteiger partial charge >= 0.3 is 7.82 Å². The topological polar surface area (TPSA) is 94.2 Å². The Morgan fingerprint density at radius 2 is 2.08 bits per heavy atom. The third-order valence-corrected chi connectivity index (χ3v) is 2.03. The van der Waals surface area contributed by atoms with Gasteiger partial charge in [-0.1, -0.05) is 0 Å². The summed E-state index contributed by atoms with van der Waals surface area (Å²) in [6.07, 6.45) is 0. The molecule has 0 saturated carbocycles. The van der Waals surface area contributed by atoms with Crippen LogP contribution in [0.15, 0.2) is 0 Å². The summed E-state index contributed by atoms with van der Waals surface area (Å²) in [6.45, 7) is 1.77. The minimum absolute atomic E-state index is 0.425. The van der Waals surface area contributed by atoms with Crippen molar-refractivity contribution in [2.24, 2.45) is 5.90 Å². The molecule has 0 aromatic carbocycles. The van der Waals surface area contributed by atoms with Gasteiger partial charge in [0.15, 0.2) is 0 Å². The van der Waals surface area contributed by atoms with Crippen molar-refractivity contribution in [3.63, 3.8) is 0 Å². The van der Waals surface area contributed by atoms with E-state index in [-0.39, 0.29) is 0 Å². The summed E-state index contributed by atoms with van der Waals surface area (Å²) in [7, 11) is -4.09. The molecule has 1 aliphatic heterocycles. The average molecular weight is 198 g/mol. The predicted octanol–water partition coefficient (Wildman–Crippen LogP) is -0.759. The Balaban J connectivity index is 2.34. The monoisotopic (exact) mass is 198 g/mol. The number of morpholine rings is 1. The van der Waals surface area contributed by atoms with Crippen molar-refractivity contribution in [1.29, 1.82) is 0 Å². The Hall–Kier alpha value is -0.0100. The van der Waals surface area contributed by atoms with Gasteiger partial charge in [-0.05, 0) is 0 Å². The van der Waals surface area contributed by atoms with Crippen LogP contribution in [-0.2, 0) is 18.6 Å². The molecule has 0 spiro atoms. The van der Waals surface area contributed by atoms with E-state index in [4.69, 9.17) is 9.63 Å². The van der Waals surface area contributed by atoms with Crippen LogP contribution in [0.2, 0.25) is 0 Å². The summed E-state index contributed by atoms with van der Waals surface area (Å²) in [6, 6.07) is 0. The van der Waals surface area contributed by atoms with E-state index in [0.717, 1.165) is 0 Å². The maximum Gasteiger partial charge on any atom is 0.505 e. The molecule has 1 heterocycles. The largest absolute Gasteiger partial charge is 0.505 e. The first-order valence-electron chi connectivity index (χ1n) is 3.38. The molecular formula is C4H11N2O5P. The second-order valence-corrected chi connectivity index (χ2v) is 3.51. The predicted molar refractivity (Wildman–Crippen MR) is 38.6 cm³/mol. The van der Waals surface area contributed by atoms with Crippen LogP contribution in [0.5, 0.6) is 0 Å². The molecule has 12 heavy (non-hydrogen) atoms. The van der Waals surface area contributed by atoms with E-state index in [9.17, 15) is 4.57 Å². The van der Waals surface area contributed by atoms with Crippen LogP contribution in [0.1, 0.15) is 0 Å². The number of hydroxylamine groups is 2. The molecule has 0 radical (unpaired) electrons. The Morgan fingerprint density at radius 3 is 2.58 bits per heavy atom. The molecule has 0 amide bonds. The quantitative estimate of drug-likeness (QED) is 0.454. The van der Waals surface area contributed by atoms with Gasteiger partial charge < -0.3 is 9.63 Å². The van der Waals surface area contributed by atoms with E-state index >= 15 is 0 Å². The van der Waals surface area contributed by atoms with E-state index in [1.165, 1.54) is 5.06 Å². The van der Waals surface area contributed by atoms with Gasteiger partial charge in [-0.25, -0.2) is 10.5 Å². The molecule has 1 aliphatic rings. The number of ether oxygens (including phenoxy) is 1. The summed E-state index contributed by atoms with van der Waals surface area (Å²) < 4.78 is 24.0. The van der Waals surface area contributed by atoms with Crippen molar-refractivity contribution in [2.45, 2.75) is 0 Å². The molecule has 1 rings (SSSR count). The van der Waals surface area contributed by atoms with Crippen LogP contribution in [0, 0.1) is 0 Å². The second kappa shape index (κ2) is 4.29. The standard InChI is InChI=1S/C4H11N2O5P/c5-10-12(7,8)11-6-1-3-9-4-2-6/h1-5H2,(H,7,8). The van der Waals surface area contributed by atoms with Gasteiger partial charge in [0.1, 0.15) is 0 Å². The van der Waals surface area contributed by atoms with E-state index < -0.39 is 7.82 Å². The van der Waals surface area contributed by atoms with Gasteiger partial charge in [0, 0.05) is 13.1 Å². The number of hydrogen-bond donors (Lipinski definition) is 2. The fourth-order valence-electron chi connectivity index (χ4n) is 0.793. The fraction of sp³-hybridized carbons (Fsp3) is 1.00.